The number of carbonyl (C=O) groups is 2. The SMILES string of the molecule is CC(CC(=O)OCCO)C(=O)O. The summed E-state index contributed by atoms with van der Waals surface area (Å²) >= 11 is 0. The third-order valence-electron chi connectivity index (χ3n) is 1.25. The summed E-state index contributed by atoms with van der Waals surface area (Å²) in [6, 6.07) is 0. The van der Waals surface area contributed by atoms with Gasteiger partial charge in [-0.2, -0.15) is 0 Å². The van der Waals surface area contributed by atoms with Gasteiger partial charge in [0.05, 0.1) is 18.9 Å². The Balaban J connectivity index is 3.61. The molecule has 0 aliphatic heterocycles. The summed E-state index contributed by atoms with van der Waals surface area (Å²) in [5, 5.41) is 16.7. The first-order valence-corrected chi connectivity index (χ1v) is 3.57. The summed E-state index contributed by atoms with van der Waals surface area (Å²) in [4.78, 5) is 21.0. The van der Waals surface area contributed by atoms with Gasteiger partial charge in [0.2, 0.25) is 0 Å². The minimum atomic E-state index is -1.03. The third kappa shape index (κ3) is 4.68. The molecular formula is C7H12O5. The quantitative estimate of drug-likeness (QED) is 0.558. The Morgan fingerprint density at radius 2 is 2.08 bits per heavy atom. The topological polar surface area (TPSA) is 83.8 Å². The third-order valence-corrected chi connectivity index (χ3v) is 1.25. The van der Waals surface area contributed by atoms with Crippen molar-refractivity contribution in [2.45, 2.75) is 13.3 Å². The highest BCUT2D eigenvalue weighted by molar-refractivity contribution is 5.78. The van der Waals surface area contributed by atoms with E-state index in [4.69, 9.17) is 10.2 Å². The largest absolute Gasteiger partial charge is 0.481 e. The predicted octanol–water partition coefficient (Wildman–Crippen LogP) is -0.367. The van der Waals surface area contributed by atoms with Crippen LogP contribution in [0.15, 0.2) is 0 Å². The number of carboxylic acids is 1. The highest BCUT2D eigenvalue weighted by Gasteiger charge is 2.16. The first kappa shape index (κ1) is 10.9. The fraction of sp³-hybridized carbons (Fsp3) is 0.714. The molecule has 0 aromatic carbocycles. The molecule has 0 amide bonds. The van der Waals surface area contributed by atoms with Crippen molar-refractivity contribution in [3.8, 4) is 0 Å². The minimum Gasteiger partial charge on any atom is -0.481 e. The number of carbonyl (C=O) groups excluding carboxylic acids is 1. The maximum atomic E-state index is 10.7. The molecule has 0 rings (SSSR count). The molecule has 0 aromatic rings. The Hall–Kier alpha value is -1.10. The lowest BCUT2D eigenvalue weighted by Gasteiger charge is -2.05. The highest BCUT2D eigenvalue weighted by atomic mass is 16.5. The van der Waals surface area contributed by atoms with Crippen LogP contribution in [-0.2, 0) is 14.3 Å². The van der Waals surface area contributed by atoms with Crippen LogP contribution >= 0.6 is 0 Å². The number of aliphatic carboxylic acids is 1. The Kier molecular flexibility index (Phi) is 5.03. The average Bonchev–Trinajstić information content (AvgIpc) is 2.00. The average molecular weight is 176 g/mol. The molecule has 0 saturated carbocycles. The van der Waals surface area contributed by atoms with Crippen LogP contribution in [0, 0.1) is 5.92 Å². The van der Waals surface area contributed by atoms with Gasteiger partial charge in [-0.1, -0.05) is 6.92 Å². The maximum Gasteiger partial charge on any atom is 0.306 e. The Bertz CT molecular complexity index is 165. The Labute approximate surface area is 70.0 Å². The molecule has 12 heavy (non-hydrogen) atoms. The van der Waals surface area contributed by atoms with E-state index in [0.717, 1.165) is 0 Å². The van der Waals surface area contributed by atoms with E-state index in [-0.39, 0.29) is 19.6 Å². The van der Waals surface area contributed by atoms with E-state index in [1.165, 1.54) is 6.92 Å². The highest BCUT2D eigenvalue weighted by Crippen LogP contribution is 2.02. The Morgan fingerprint density at radius 1 is 1.50 bits per heavy atom. The zero-order valence-electron chi connectivity index (χ0n) is 6.82. The van der Waals surface area contributed by atoms with Crippen LogP contribution in [-0.4, -0.2) is 35.4 Å². The first-order valence-electron chi connectivity index (χ1n) is 3.57. The van der Waals surface area contributed by atoms with Crippen LogP contribution in [0.5, 0.6) is 0 Å². The van der Waals surface area contributed by atoms with Gasteiger partial charge in [0.25, 0.3) is 0 Å². The van der Waals surface area contributed by atoms with Crippen LogP contribution in [0.4, 0.5) is 0 Å². The van der Waals surface area contributed by atoms with Crippen molar-refractivity contribution in [3.63, 3.8) is 0 Å². The van der Waals surface area contributed by atoms with Crippen LogP contribution in [0.2, 0.25) is 0 Å². The summed E-state index contributed by atoms with van der Waals surface area (Å²) in [5.41, 5.74) is 0. The van der Waals surface area contributed by atoms with E-state index >= 15 is 0 Å². The van der Waals surface area contributed by atoms with Crippen molar-refractivity contribution in [2.75, 3.05) is 13.2 Å². The molecule has 70 valence electrons. The molecule has 1 atom stereocenters. The molecule has 0 aliphatic rings. The standard InChI is InChI=1S/C7H12O5/c1-5(7(10)11)4-6(9)12-3-2-8/h5,8H,2-4H2,1H3,(H,10,11). The van der Waals surface area contributed by atoms with Gasteiger partial charge in [0.15, 0.2) is 0 Å². The summed E-state index contributed by atoms with van der Waals surface area (Å²) < 4.78 is 4.46. The molecule has 5 heteroatoms. The second-order valence-electron chi connectivity index (χ2n) is 2.39. The molecule has 0 fully saturated rings. The van der Waals surface area contributed by atoms with Crippen molar-refractivity contribution >= 4 is 11.9 Å². The first-order chi connectivity index (χ1) is 5.57. The van der Waals surface area contributed by atoms with Crippen molar-refractivity contribution in [3.05, 3.63) is 0 Å². The van der Waals surface area contributed by atoms with Gasteiger partial charge in [-0.3, -0.25) is 9.59 Å². The lowest BCUT2D eigenvalue weighted by Crippen LogP contribution is -2.17. The number of esters is 1. The molecule has 0 aliphatic carbocycles. The smallest absolute Gasteiger partial charge is 0.306 e. The molecule has 1 unspecified atom stereocenters. The summed E-state index contributed by atoms with van der Waals surface area (Å²) in [6.07, 6.45) is -0.157. The number of aliphatic hydroxyl groups excluding tert-OH is 1. The number of ether oxygens (including phenoxy) is 1. The lowest BCUT2D eigenvalue weighted by molar-refractivity contribution is -0.151. The zero-order valence-corrected chi connectivity index (χ0v) is 6.82. The zero-order chi connectivity index (χ0) is 9.56. The van der Waals surface area contributed by atoms with E-state index in [1.54, 1.807) is 0 Å². The maximum absolute atomic E-state index is 10.7. The number of carboxylic acid groups (broad SMARTS) is 1. The number of rotatable bonds is 5. The lowest BCUT2D eigenvalue weighted by atomic mass is 10.1. The van der Waals surface area contributed by atoms with Gasteiger partial charge < -0.3 is 14.9 Å². The van der Waals surface area contributed by atoms with Crippen LogP contribution in [0.3, 0.4) is 0 Å². The van der Waals surface area contributed by atoms with Crippen molar-refractivity contribution in [1.82, 2.24) is 0 Å². The van der Waals surface area contributed by atoms with Crippen LogP contribution in [0.1, 0.15) is 13.3 Å². The molecule has 2 N–H and O–H groups in total. The fourth-order valence-corrected chi connectivity index (χ4v) is 0.556. The fourth-order valence-electron chi connectivity index (χ4n) is 0.556. The van der Waals surface area contributed by atoms with Gasteiger partial charge in [-0.05, 0) is 0 Å². The van der Waals surface area contributed by atoms with Crippen LogP contribution < -0.4 is 0 Å². The van der Waals surface area contributed by atoms with E-state index in [9.17, 15) is 9.59 Å². The molecule has 0 heterocycles. The normalized spacial score (nSPS) is 12.2. The number of hydrogen-bond donors (Lipinski definition) is 2. The van der Waals surface area contributed by atoms with Crippen molar-refractivity contribution in [2.24, 2.45) is 5.92 Å². The van der Waals surface area contributed by atoms with Crippen molar-refractivity contribution in [1.29, 1.82) is 0 Å². The summed E-state index contributed by atoms with van der Waals surface area (Å²) in [6.45, 7) is 1.10. The summed E-state index contributed by atoms with van der Waals surface area (Å²) in [7, 11) is 0. The number of aliphatic hydroxyl groups is 1. The summed E-state index contributed by atoms with van der Waals surface area (Å²) in [5.74, 6) is -2.37. The minimum absolute atomic E-state index is 0.0782. The van der Waals surface area contributed by atoms with E-state index in [0.29, 0.717) is 0 Å². The molecule has 0 radical (unpaired) electrons. The van der Waals surface area contributed by atoms with Gasteiger partial charge in [-0.25, -0.2) is 0 Å². The molecular weight excluding hydrogens is 164 g/mol. The molecule has 0 bridgehead atoms. The van der Waals surface area contributed by atoms with Crippen molar-refractivity contribution < 1.29 is 24.5 Å². The molecule has 0 aromatic heterocycles. The van der Waals surface area contributed by atoms with E-state index in [2.05, 4.69) is 4.74 Å². The molecule has 0 saturated heterocycles. The van der Waals surface area contributed by atoms with Gasteiger partial charge in [0, 0.05) is 0 Å². The van der Waals surface area contributed by atoms with Gasteiger partial charge >= 0.3 is 11.9 Å². The predicted molar refractivity (Wildman–Crippen MR) is 39.5 cm³/mol. The number of hydrogen-bond acceptors (Lipinski definition) is 4. The molecule has 5 nitrogen and oxygen atoms in total. The van der Waals surface area contributed by atoms with Gasteiger partial charge in [-0.15, -0.1) is 0 Å². The second-order valence-corrected chi connectivity index (χ2v) is 2.39. The van der Waals surface area contributed by atoms with Crippen LogP contribution in [0.25, 0.3) is 0 Å². The van der Waals surface area contributed by atoms with Gasteiger partial charge in [0.1, 0.15) is 6.61 Å². The molecule has 0 spiro atoms. The monoisotopic (exact) mass is 176 g/mol. The second kappa shape index (κ2) is 5.54. The van der Waals surface area contributed by atoms with E-state index < -0.39 is 17.9 Å². The Morgan fingerprint density at radius 3 is 2.50 bits per heavy atom. The van der Waals surface area contributed by atoms with E-state index in [1.807, 2.05) is 0 Å².